The molecule has 1 aliphatic rings. The van der Waals surface area contributed by atoms with E-state index in [1.807, 2.05) is 0 Å². The number of benzene rings is 3. The second-order valence-electron chi connectivity index (χ2n) is 6.65. The van der Waals surface area contributed by atoms with Crippen LogP contribution >= 0.6 is 46.6 Å². The number of ether oxygens (including phenoxy) is 1. The Bertz CT molecular complexity index is 1220. The predicted molar refractivity (Wildman–Crippen MR) is 129 cm³/mol. The number of thioether (sulfide) groups is 1. The van der Waals surface area contributed by atoms with Crippen molar-refractivity contribution in [2.24, 2.45) is 4.99 Å². The van der Waals surface area contributed by atoms with Crippen molar-refractivity contribution < 1.29 is 13.9 Å². The molecule has 4 rings (SSSR count). The highest BCUT2D eigenvalue weighted by Crippen LogP contribution is 2.37. The van der Waals surface area contributed by atoms with Gasteiger partial charge in [-0.1, -0.05) is 53.0 Å². The molecule has 32 heavy (non-hydrogen) atoms. The lowest BCUT2D eigenvalue weighted by atomic mass is 10.2. The zero-order chi connectivity index (χ0) is 22.7. The summed E-state index contributed by atoms with van der Waals surface area (Å²) in [6.45, 7) is -0.0185. The average molecular weight is 508 g/mol. The molecule has 0 atom stereocenters. The molecule has 1 fully saturated rings. The summed E-state index contributed by atoms with van der Waals surface area (Å²) in [5.74, 6) is -0.413. The molecule has 0 bridgehead atoms. The molecule has 1 saturated heterocycles. The molecule has 162 valence electrons. The first kappa shape index (κ1) is 22.7. The van der Waals surface area contributed by atoms with Gasteiger partial charge in [0.05, 0.1) is 20.6 Å². The number of rotatable bonds is 5. The molecular weight excluding hydrogens is 494 g/mol. The second-order valence-corrected chi connectivity index (χ2v) is 8.93. The van der Waals surface area contributed by atoms with Gasteiger partial charge in [0.25, 0.3) is 5.91 Å². The minimum Gasteiger partial charge on any atom is -0.486 e. The van der Waals surface area contributed by atoms with Gasteiger partial charge in [0.1, 0.15) is 12.4 Å². The van der Waals surface area contributed by atoms with Crippen molar-refractivity contribution in [2.45, 2.75) is 6.61 Å². The molecule has 1 amide bonds. The van der Waals surface area contributed by atoms with Crippen LogP contribution in [0.3, 0.4) is 0 Å². The number of aliphatic imine (C=N–C) groups is 1. The second kappa shape index (κ2) is 9.96. The first-order valence-electron chi connectivity index (χ1n) is 9.29. The smallest absolute Gasteiger partial charge is 0.264 e. The highest BCUT2D eigenvalue weighted by Gasteiger charge is 2.24. The molecule has 1 aliphatic heterocycles. The van der Waals surface area contributed by atoms with Crippen LogP contribution in [0.2, 0.25) is 15.1 Å². The zero-order valence-corrected chi connectivity index (χ0v) is 19.3. The van der Waals surface area contributed by atoms with Crippen molar-refractivity contribution in [3.05, 3.63) is 97.6 Å². The van der Waals surface area contributed by atoms with E-state index in [-0.39, 0.29) is 34.1 Å². The molecular formula is C23H14Cl3FN2O2S. The first-order valence-corrected chi connectivity index (χ1v) is 11.2. The first-order chi connectivity index (χ1) is 15.4. The quantitative estimate of drug-likeness (QED) is 0.370. The Morgan fingerprint density at radius 1 is 1.03 bits per heavy atom. The summed E-state index contributed by atoms with van der Waals surface area (Å²) in [6, 6.07) is 16.5. The highest BCUT2D eigenvalue weighted by atomic mass is 35.5. The summed E-state index contributed by atoms with van der Waals surface area (Å²) in [5.41, 5.74) is 1.67. The summed E-state index contributed by atoms with van der Waals surface area (Å²) in [6.07, 6.45) is 1.66. The lowest BCUT2D eigenvalue weighted by Crippen LogP contribution is -2.19. The van der Waals surface area contributed by atoms with Crippen molar-refractivity contribution in [1.29, 1.82) is 0 Å². The van der Waals surface area contributed by atoms with E-state index in [0.29, 0.717) is 31.9 Å². The van der Waals surface area contributed by atoms with E-state index in [0.717, 1.165) is 0 Å². The van der Waals surface area contributed by atoms with Crippen LogP contribution in [0.5, 0.6) is 5.75 Å². The number of hydrogen-bond acceptors (Lipinski definition) is 4. The highest BCUT2D eigenvalue weighted by molar-refractivity contribution is 8.18. The van der Waals surface area contributed by atoms with Gasteiger partial charge >= 0.3 is 0 Å². The van der Waals surface area contributed by atoms with Crippen LogP contribution in [-0.4, -0.2) is 11.1 Å². The number of hydrogen-bond donors (Lipinski definition) is 1. The summed E-state index contributed by atoms with van der Waals surface area (Å²) >= 11 is 19.7. The van der Waals surface area contributed by atoms with Gasteiger partial charge in [-0.15, -0.1) is 0 Å². The Kier molecular flexibility index (Phi) is 7.06. The number of carbonyl (C=O) groups is 1. The fourth-order valence-corrected chi connectivity index (χ4v) is 4.41. The molecule has 4 nitrogen and oxygen atoms in total. The Morgan fingerprint density at radius 3 is 2.41 bits per heavy atom. The van der Waals surface area contributed by atoms with Gasteiger partial charge < -0.3 is 10.1 Å². The summed E-state index contributed by atoms with van der Waals surface area (Å²) in [4.78, 5) is 17.2. The maximum Gasteiger partial charge on any atom is 0.264 e. The molecule has 1 heterocycles. The van der Waals surface area contributed by atoms with Crippen LogP contribution in [0.15, 0.2) is 70.6 Å². The van der Waals surface area contributed by atoms with E-state index in [2.05, 4.69) is 10.3 Å². The fourth-order valence-electron chi connectivity index (χ4n) is 2.83. The number of carbonyl (C=O) groups excluding carboxylic acids is 1. The summed E-state index contributed by atoms with van der Waals surface area (Å²) in [7, 11) is 0. The molecule has 1 N–H and O–H groups in total. The molecule has 3 aromatic rings. The largest absolute Gasteiger partial charge is 0.486 e. The minimum absolute atomic E-state index is 0.0185. The van der Waals surface area contributed by atoms with Gasteiger partial charge in [0, 0.05) is 10.6 Å². The van der Waals surface area contributed by atoms with E-state index in [9.17, 15) is 9.18 Å². The van der Waals surface area contributed by atoms with Crippen LogP contribution in [0, 0.1) is 5.82 Å². The monoisotopic (exact) mass is 506 g/mol. The van der Waals surface area contributed by atoms with Gasteiger partial charge in [-0.25, -0.2) is 9.38 Å². The van der Waals surface area contributed by atoms with Crippen LogP contribution < -0.4 is 10.1 Å². The average Bonchev–Trinajstić information content (AvgIpc) is 3.09. The van der Waals surface area contributed by atoms with Gasteiger partial charge in [-0.3, -0.25) is 4.79 Å². The van der Waals surface area contributed by atoms with Gasteiger partial charge in [0.15, 0.2) is 10.9 Å². The maximum absolute atomic E-state index is 13.8. The Hall–Kier alpha value is -2.51. The van der Waals surface area contributed by atoms with Crippen LogP contribution in [-0.2, 0) is 11.4 Å². The maximum atomic E-state index is 13.8. The number of halogens is 4. The fraction of sp³-hybridized carbons (Fsp3) is 0.0435. The van der Waals surface area contributed by atoms with Crippen molar-refractivity contribution in [1.82, 2.24) is 5.32 Å². The molecule has 0 saturated carbocycles. The Morgan fingerprint density at radius 2 is 1.72 bits per heavy atom. The number of nitrogens with one attached hydrogen (secondary N) is 1. The van der Waals surface area contributed by atoms with E-state index >= 15 is 0 Å². The number of nitrogens with zero attached hydrogens (tertiary/aromatic N) is 1. The number of amides is 1. The van der Waals surface area contributed by atoms with Gasteiger partial charge in [-0.2, -0.15) is 0 Å². The third-order valence-corrected chi connectivity index (χ3v) is 6.08. The van der Waals surface area contributed by atoms with Crippen molar-refractivity contribution in [3.63, 3.8) is 0 Å². The van der Waals surface area contributed by atoms with Crippen molar-refractivity contribution in [3.8, 4) is 5.75 Å². The molecule has 3 aromatic carbocycles. The van der Waals surface area contributed by atoms with E-state index in [1.165, 1.54) is 17.8 Å². The molecule has 0 unspecified atom stereocenters. The van der Waals surface area contributed by atoms with Crippen LogP contribution in [0.1, 0.15) is 11.1 Å². The Balaban J connectivity index is 1.51. The molecule has 0 radical (unpaired) electrons. The summed E-state index contributed by atoms with van der Waals surface area (Å²) < 4.78 is 19.4. The predicted octanol–water partition coefficient (Wildman–Crippen LogP) is 7.26. The topological polar surface area (TPSA) is 50.7 Å². The lowest BCUT2D eigenvalue weighted by Gasteiger charge is -2.11. The lowest BCUT2D eigenvalue weighted by molar-refractivity contribution is -0.115. The Labute approximate surface area is 203 Å². The van der Waals surface area contributed by atoms with Crippen LogP contribution in [0.25, 0.3) is 6.08 Å². The van der Waals surface area contributed by atoms with Crippen LogP contribution in [0.4, 0.5) is 10.1 Å². The third kappa shape index (κ3) is 5.45. The van der Waals surface area contributed by atoms with Crippen molar-refractivity contribution in [2.75, 3.05) is 0 Å². The van der Waals surface area contributed by atoms with E-state index in [4.69, 9.17) is 39.5 Å². The third-order valence-electron chi connectivity index (χ3n) is 4.36. The SMILES string of the molecule is O=C1NC(=Nc2ccc(Cl)cc2)S/C1=C\c1cc(Cl)c(OCc2ccccc2F)c(Cl)c1. The molecule has 9 heteroatoms. The molecule has 0 aliphatic carbocycles. The van der Waals surface area contributed by atoms with Gasteiger partial charge in [-0.05, 0) is 65.9 Å². The van der Waals surface area contributed by atoms with E-state index in [1.54, 1.807) is 60.7 Å². The minimum atomic E-state index is -0.374. The molecule has 0 aromatic heterocycles. The van der Waals surface area contributed by atoms with E-state index < -0.39 is 0 Å². The van der Waals surface area contributed by atoms with Gasteiger partial charge in [0.2, 0.25) is 0 Å². The normalized spacial score (nSPS) is 15.9. The molecule has 0 spiro atoms. The number of amidine groups is 1. The van der Waals surface area contributed by atoms with Crippen molar-refractivity contribution >= 4 is 69.4 Å². The summed E-state index contributed by atoms with van der Waals surface area (Å²) in [5, 5.41) is 4.27. The zero-order valence-electron chi connectivity index (χ0n) is 16.2. The standard InChI is InChI=1S/C23H14Cl3FN2O2S/c24-15-5-7-16(8-6-15)28-23-29-22(30)20(32-23)11-13-9-17(25)21(18(26)10-13)31-12-14-3-1-2-4-19(14)27/h1-11H,12H2,(H,28,29,30)/b20-11-.